The zero-order valence-corrected chi connectivity index (χ0v) is 15.3. The second-order valence-electron chi connectivity index (χ2n) is 6.07. The molecule has 0 radical (unpaired) electrons. The van der Waals surface area contributed by atoms with Crippen molar-refractivity contribution in [3.05, 3.63) is 60.7 Å². The summed E-state index contributed by atoms with van der Waals surface area (Å²) < 4.78 is 0. The second kappa shape index (κ2) is 7.17. The normalized spacial score (nSPS) is 10.9. The van der Waals surface area contributed by atoms with E-state index in [9.17, 15) is 4.79 Å². The molecule has 6 nitrogen and oxygen atoms in total. The van der Waals surface area contributed by atoms with Crippen LogP contribution in [0.15, 0.2) is 55.0 Å². The first-order chi connectivity index (χ1) is 13.2. The Morgan fingerprint density at radius 3 is 2.78 bits per heavy atom. The van der Waals surface area contributed by atoms with Crippen LogP contribution in [-0.4, -0.2) is 31.7 Å². The highest BCUT2D eigenvalue weighted by Crippen LogP contribution is 2.37. The first kappa shape index (κ1) is 17.2. The average Bonchev–Trinajstić information content (AvgIpc) is 3.08. The Labute approximate surface area is 160 Å². The zero-order valence-electron chi connectivity index (χ0n) is 14.5. The van der Waals surface area contributed by atoms with Crippen LogP contribution in [0.3, 0.4) is 0 Å². The Morgan fingerprint density at radius 2 is 2.00 bits per heavy atom. The molecule has 0 unspecified atom stereocenters. The lowest BCUT2D eigenvalue weighted by Crippen LogP contribution is -2.13. The molecule has 0 atom stereocenters. The van der Waals surface area contributed by atoms with Crippen molar-refractivity contribution in [3.63, 3.8) is 0 Å². The van der Waals surface area contributed by atoms with Gasteiger partial charge >= 0.3 is 0 Å². The molecule has 0 aliphatic heterocycles. The maximum absolute atomic E-state index is 11.6. The Balaban J connectivity index is 1.89. The van der Waals surface area contributed by atoms with Crippen molar-refractivity contribution in [1.29, 1.82) is 0 Å². The van der Waals surface area contributed by atoms with E-state index in [4.69, 9.17) is 11.6 Å². The second-order valence-corrected chi connectivity index (χ2v) is 6.34. The summed E-state index contributed by atoms with van der Waals surface area (Å²) in [4.78, 5) is 28.2. The lowest BCUT2D eigenvalue weighted by atomic mass is 10.0. The van der Waals surface area contributed by atoms with Crippen LogP contribution in [0, 0.1) is 6.92 Å². The van der Waals surface area contributed by atoms with Crippen LogP contribution in [0.2, 0.25) is 0 Å². The number of carbonyl (C=O) groups excluding carboxylic acids is 1. The molecule has 0 aromatic carbocycles. The van der Waals surface area contributed by atoms with E-state index in [1.807, 2.05) is 43.5 Å². The highest BCUT2D eigenvalue weighted by molar-refractivity contribution is 6.29. The fraction of sp³-hybridized carbons (Fsp3) is 0.100. The monoisotopic (exact) mass is 377 g/mol. The molecule has 0 saturated carbocycles. The van der Waals surface area contributed by atoms with Crippen molar-refractivity contribution < 1.29 is 4.79 Å². The predicted molar refractivity (Wildman–Crippen MR) is 107 cm³/mol. The highest BCUT2D eigenvalue weighted by Gasteiger charge is 2.17. The Bertz CT molecular complexity index is 1120. The number of alkyl halides is 1. The summed E-state index contributed by atoms with van der Waals surface area (Å²) in [5.41, 5.74) is 6.42. The first-order valence-electron chi connectivity index (χ1n) is 8.37. The van der Waals surface area contributed by atoms with Gasteiger partial charge in [0, 0.05) is 41.0 Å². The summed E-state index contributed by atoms with van der Waals surface area (Å²) in [5, 5.41) is 2.68. The summed E-state index contributed by atoms with van der Waals surface area (Å²) >= 11 is 5.57. The minimum Gasteiger partial charge on any atom is -0.353 e. The van der Waals surface area contributed by atoms with Gasteiger partial charge in [-0.1, -0.05) is 6.07 Å². The van der Waals surface area contributed by atoms with Crippen molar-refractivity contribution >= 4 is 34.4 Å². The number of aromatic amines is 1. The summed E-state index contributed by atoms with van der Waals surface area (Å²) in [6.07, 6.45) is 5.26. The number of anilines is 1. The van der Waals surface area contributed by atoms with Crippen LogP contribution in [0.4, 0.5) is 5.82 Å². The summed E-state index contributed by atoms with van der Waals surface area (Å²) in [5.74, 6) is 0.0167. The van der Waals surface area contributed by atoms with Crippen LogP contribution < -0.4 is 5.32 Å². The van der Waals surface area contributed by atoms with Gasteiger partial charge in [0.05, 0.1) is 16.7 Å². The molecule has 0 aliphatic carbocycles. The van der Waals surface area contributed by atoms with Crippen LogP contribution in [0.5, 0.6) is 0 Å². The molecular formula is C20H16ClN5O. The molecule has 7 heteroatoms. The maximum Gasteiger partial charge on any atom is 0.240 e. The van der Waals surface area contributed by atoms with Gasteiger partial charge in [-0.05, 0) is 37.3 Å². The van der Waals surface area contributed by atoms with E-state index in [2.05, 4.69) is 25.3 Å². The first-order valence-corrected chi connectivity index (χ1v) is 8.91. The molecule has 0 saturated heterocycles. The minimum absolute atomic E-state index is 0.123. The van der Waals surface area contributed by atoms with Gasteiger partial charge in [0.15, 0.2) is 0 Å². The molecule has 4 aromatic heterocycles. The van der Waals surface area contributed by atoms with E-state index in [-0.39, 0.29) is 11.8 Å². The van der Waals surface area contributed by atoms with Gasteiger partial charge in [-0.2, -0.15) is 0 Å². The number of pyridine rings is 3. The Morgan fingerprint density at radius 1 is 1.11 bits per heavy atom. The number of hydrogen-bond donors (Lipinski definition) is 2. The number of fused-ring (bicyclic) bond motifs is 1. The third-order valence-corrected chi connectivity index (χ3v) is 4.43. The van der Waals surface area contributed by atoms with Gasteiger partial charge in [0.2, 0.25) is 5.91 Å². The molecule has 27 heavy (non-hydrogen) atoms. The number of nitrogens with one attached hydrogen (secondary N) is 2. The molecule has 134 valence electrons. The number of rotatable bonds is 4. The molecule has 4 heterocycles. The van der Waals surface area contributed by atoms with Gasteiger partial charge in [-0.3, -0.25) is 14.8 Å². The SMILES string of the molecule is Cc1ccc(-c2c(-c3ccnc(NC(=O)CCl)c3)[nH]c3cccnc23)cn1. The number of aryl methyl sites for hydroxylation is 1. The van der Waals surface area contributed by atoms with Gasteiger partial charge < -0.3 is 10.3 Å². The van der Waals surface area contributed by atoms with Crippen LogP contribution >= 0.6 is 11.6 Å². The number of halogens is 1. The predicted octanol–water partition coefficient (Wildman–Crippen LogP) is 4.17. The van der Waals surface area contributed by atoms with E-state index in [0.717, 1.165) is 39.1 Å². The quantitative estimate of drug-likeness (QED) is 0.523. The standard InChI is InChI=1S/C20H16ClN5O/c1-12-4-5-14(11-24-12)18-19(25-15-3-2-7-23-20(15)18)13-6-8-22-16(9-13)26-17(27)10-21/h2-9,11,25H,10H2,1H3,(H,22,26,27). The lowest BCUT2D eigenvalue weighted by Gasteiger charge is -2.08. The fourth-order valence-corrected chi connectivity index (χ4v) is 3.03. The summed E-state index contributed by atoms with van der Waals surface area (Å²) in [6, 6.07) is 11.6. The minimum atomic E-state index is -0.303. The third-order valence-electron chi connectivity index (χ3n) is 4.19. The van der Waals surface area contributed by atoms with E-state index in [1.165, 1.54) is 0 Å². The molecule has 4 aromatic rings. The lowest BCUT2D eigenvalue weighted by molar-refractivity contribution is -0.113. The molecule has 0 aliphatic rings. The van der Waals surface area contributed by atoms with Crippen LogP contribution in [0.25, 0.3) is 33.4 Å². The molecule has 0 spiro atoms. The van der Waals surface area contributed by atoms with Crippen LogP contribution in [0.1, 0.15) is 5.69 Å². The average molecular weight is 378 g/mol. The third kappa shape index (κ3) is 3.39. The maximum atomic E-state index is 11.6. The molecule has 1 amide bonds. The topological polar surface area (TPSA) is 83.6 Å². The van der Waals surface area contributed by atoms with Crippen molar-refractivity contribution in [2.75, 3.05) is 11.2 Å². The van der Waals surface area contributed by atoms with Gasteiger partial charge in [-0.25, -0.2) is 4.98 Å². The van der Waals surface area contributed by atoms with Crippen molar-refractivity contribution in [2.45, 2.75) is 6.92 Å². The highest BCUT2D eigenvalue weighted by atomic mass is 35.5. The molecule has 2 N–H and O–H groups in total. The molecule has 4 rings (SSSR count). The van der Waals surface area contributed by atoms with Crippen molar-refractivity contribution in [1.82, 2.24) is 19.9 Å². The summed E-state index contributed by atoms with van der Waals surface area (Å²) in [6.45, 7) is 1.95. The largest absolute Gasteiger partial charge is 0.353 e. The van der Waals surface area contributed by atoms with E-state index >= 15 is 0 Å². The number of nitrogens with zero attached hydrogens (tertiary/aromatic N) is 3. The number of amides is 1. The van der Waals surface area contributed by atoms with E-state index in [1.54, 1.807) is 18.5 Å². The number of hydrogen-bond acceptors (Lipinski definition) is 4. The number of aromatic nitrogens is 4. The van der Waals surface area contributed by atoms with Gasteiger partial charge in [0.25, 0.3) is 0 Å². The van der Waals surface area contributed by atoms with E-state index < -0.39 is 0 Å². The van der Waals surface area contributed by atoms with E-state index in [0.29, 0.717) is 5.82 Å². The van der Waals surface area contributed by atoms with Crippen molar-refractivity contribution in [3.8, 4) is 22.4 Å². The Hall–Kier alpha value is -3.25. The molecule has 0 bridgehead atoms. The number of carbonyl (C=O) groups is 1. The van der Waals surface area contributed by atoms with Crippen LogP contribution in [-0.2, 0) is 4.79 Å². The van der Waals surface area contributed by atoms with Gasteiger partial charge in [0.1, 0.15) is 11.7 Å². The summed E-state index contributed by atoms with van der Waals surface area (Å²) in [7, 11) is 0. The van der Waals surface area contributed by atoms with Crippen molar-refractivity contribution in [2.24, 2.45) is 0 Å². The fourth-order valence-electron chi connectivity index (χ4n) is 2.96. The number of H-pyrrole nitrogens is 1. The molecular weight excluding hydrogens is 362 g/mol. The Kier molecular flexibility index (Phi) is 4.56. The smallest absolute Gasteiger partial charge is 0.240 e. The zero-order chi connectivity index (χ0) is 18.8. The molecule has 0 fully saturated rings. The van der Waals surface area contributed by atoms with Gasteiger partial charge in [-0.15, -0.1) is 11.6 Å².